The van der Waals surface area contributed by atoms with Crippen LogP contribution in [-0.2, 0) is 17.6 Å². The van der Waals surface area contributed by atoms with Crippen LogP contribution in [0.1, 0.15) is 22.4 Å². The lowest BCUT2D eigenvalue weighted by molar-refractivity contribution is -0.133. The molecule has 1 amide bonds. The zero-order valence-corrected chi connectivity index (χ0v) is 16.6. The number of rotatable bonds is 4. The van der Waals surface area contributed by atoms with Crippen LogP contribution in [0.4, 0.5) is 17.2 Å². The molecule has 1 aliphatic carbocycles. The fourth-order valence-corrected chi connectivity index (χ4v) is 4.96. The number of benzene rings is 1. The average molecular weight is 395 g/mol. The summed E-state index contributed by atoms with van der Waals surface area (Å²) in [6.45, 7) is 0. The highest BCUT2D eigenvalue weighted by Crippen LogP contribution is 2.40. The lowest BCUT2D eigenvalue weighted by Crippen LogP contribution is -2.32. The minimum absolute atomic E-state index is 0.0344. The molecule has 2 heterocycles. The van der Waals surface area contributed by atoms with Gasteiger partial charge >= 0.3 is 0 Å². The maximum absolute atomic E-state index is 12.4. The number of hydrogen-bond acceptors (Lipinski definition) is 7. The molecule has 1 atom stereocenters. The van der Waals surface area contributed by atoms with Crippen molar-refractivity contribution in [3.8, 4) is 0 Å². The Morgan fingerprint density at radius 2 is 2.21 bits per heavy atom. The maximum Gasteiger partial charge on any atom is 0.225 e. The van der Waals surface area contributed by atoms with Gasteiger partial charge in [0.2, 0.25) is 5.91 Å². The van der Waals surface area contributed by atoms with E-state index < -0.39 is 0 Å². The average Bonchev–Trinajstić information content (AvgIpc) is 3.07. The minimum Gasteiger partial charge on any atom is -0.398 e. The van der Waals surface area contributed by atoms with E-state index >= 15 is 0 Å². The number of nitrogen functional groups attached to an aromatic ring is 1. The third kappa shape index (κ3) is 3.20. The van der Waals surface area contributed by atoms with Gasteiger partial charge in [-0.05, 0) is 43.0 Å². The highest BCUT2D eigenvalue weighted by Gasteiger charge is 2.29. The van der Waals surface area contributed by atoms with E-state index in [0.717, 1.165) is 41.0 Å². The standard InChI is InChI=1S/C20H22N6OS/c1-26(2)20(27)11-3-5-14-16(8-11)28-19-17(14)18(23-10-24-19)25-13-4-6-15(22)12(7-13)9-21/h4,6-7,9-11,21H,3,5,8,22H2,1-2H3,(H,23,24,25)/t11-/m0/s1. The molecular weight excluding hydrogens is 372 g/mol. The summed E-state index contributed by atoms with van der Waals surface area (Å²) in [5, 5.41) is 11.9. The number of hydrogen-bond donors (Lipinski definition) is 3. The Morgan fingerprint density at radius 1 is 1.39 bits per heavy atom. The van der Waals surface area contributed by atoms with E-state index in [1.54, 1.807) is 28.6 Å². The zero-order valence-electron chi connectivity index (χ0n) is 15.8. The molecule has 4 rings (SSSR count). The summed E-state index contributed by atoms with van der Waals surface area (Å²) in [5.74, 6) is 0.973. The molecule has 1 aromatic carbocycles. The molecule has 0 aliphatic heterocycles. The van der Waals surface area contributed by atoms with Crippen molar-refractivity contribution in [2.75, 3.05) is 25.1 Å². The number of nitrogens with one attached hydrogen (secondary N) is 2. The number of carbonyl (C=O) groups is 1. The smallest absolute Gasteiger partial charge is 0.225 e. The lowest BCUT2D eigenvalue weighted by atomic mass is 9.87. The van der Waals surface area contributed by atoms with E-state index in [1.807, 2.05) is 26.2 Å². The maximum atomic E-state index is 12.4. The van der Waals surface area contributed by atoms with Gasteiger partial charge < -0.3 is 21.4 Å². The van der Waals surface area contributed by atoms with Crippen LogP contribution >= 0.6 is 11.3 Å². The number of nitrogens with zero attached hydrogens (tertiary/aromatic N) is 3. The molecular formula is C20H22N6OS. The quantitative estimate of drug-likeness (QED) is 0.465. The van der Waals surface area contributed by atoms with E-state index in [9.17, 15) is 4.79 Å². The van der Waals surface area contributed by atoms with Crippen molar-refractivity contribution >= 4 is 50.9 Å². The van der Waals surface area contributed by atoms with Gasteiger partial charge in [-0.2, -0.15) is 0 Å². The first-order chi connectivity index (χ1) is 13.5. The zero-order chi connectivity index (χ0) is 19.8. The molecule has 7 nitrogen and oxygen atoms in total. The number of anilines is 3. The molecule has 2 aromatic heterocycles. The molecule has 4 N–H and O–H groups in total. The molecule has 144 valence electrons. The summed E-state index contributed by atoms with van der Waals surface area (Å²) in [5.41, 5.74) is 9.18. The van der Waals surface area contributed by atoms with Crippen LogP contribution in [0.2, 0.25) is 0 Å². The largest absolute Gasteiger partial charge is 0.398 e. The minimum atomic E-state index is 0.0344. The second kappa shape index (κ2) is 7.20. The van der Waals surface area contributed by atoms with Gasteiger partial charge in [0.05, 0.1) is 5.39 Å². The van der Waals surface area contributed by atoms with Crippen molar-refractivity contribution in [2.45, 2.75) is 19.3 Å². The van der Waals surface area contributed by atoms with Crippen molar-refractivity contribution in [2.24, 2.45) is 5.92 Å². The van der Waals surface area contributed by atoms with E-state index in [-0.39, 0.29) is 11.8 Å². The summed E-state index contributed by atoms with van der Waals surface area (Å²) in [4.78, 5) is 25.1. The van der Waals surface area contributed by atoms with Crippen molar-refractivity contribution in [1.82, 2.24) is 14.9 Å². The summed E-state index contributed by atoms with van der Waals surface area (Å²) in [7, 11) is 3.62. The number of aryl methyl sites for hydroxylation is 1. The van der Waals surface area contributed by atoms with E-state index in [0.29, 0.717) is 11.3 Å². The van der Waals surface area contributed by atoms with Crippen LogP contribution in [-0.4, -0.2) is 41.1 Å². The summed E-state index contributed by atoms with van der Waals surface area (Å²) < 4.78 is 0. The monoisotopic (exact) mass is 394 g/mol. The molecule has 1 aliphatic rings. The van der Waals surface area contributed by atoms with Crippen molar-refractivity contribution < 1.29 is 4.79 Å². The number of carbonyl (C=O) groups excluding carboxylic acids is 1. The Bertz CT molecular complexity index is 1070. The molecule has 3 aromatic rings. The van der Waals surface area contributed by atoms with Crippen molar-refractivity contribution in [3.63, 3.8) is 0 Å². The van der Waals surface area contributed by atoms with E-state index in [4.69, 9.17) is 11.1 Å². The van der Waals surface area contributed by atoms with Gasteiger partial charge in [0.15, 0.2) is 0 Å². The van der Waals surface area contributed by atoms with Crippen LogP contribution in [0, 0.1) is 11.3 Å². The number of nitrogens with two attached hydrogens (primary N) is 1. The second-order valence-electron chi connectivity index (χ2n) is 7.19. The Morgan fingerprint density at radius 3 is 2.96 bits per heavy atom. The molecule has 0 saturated heterocycles. The summed E-state index contributed by atoms with van der Waals surface area (Å²) >= 11 is 1.65. The predicted octanol–water partition coefficient (Wildman–Crippen LogP) is 3.21. The number of aromatic nitrogens is 2. The van der Waals surface area contributed by atoms with Gasteiger partial charge in [0.1, 0.15) is 17.0 Å². The third-order valence-corrected chi connectivity index (χ3v) is 6.30. The fraction of sp³-hybridized carbons (Fsp3) is 0.300. The highest BCUT2D eigenvalue weighted by molar-refractivity contribution is 7.19. The van der Waals surface area contributed by atoms with Gasteiger partial charge in [0.25, 0.3) is 0 Å². The molecule has 0 fully saturated rings. The van der Waals surface area contributed by atoms with Crippen LogP contribution in [0.5, 0.6) is 0 Å². The summed E-state index contributed by atoms with van der Waals surface area (Å²) in [6, 6.07) is 5.49. The predicted molar refractivity (Wildman–Crippen MR) is 114 cm³/mol. The fourth-order valence-electron chi connectivity index (χ4n) is 3.70. The normalized spacial score (nSPS) is 15.9. The van der Waals surface area contributed by atoms with Crippen LogP contribution < -0.4 is 11.1 Å². The molecule has 0 bridgehead atoms. The van der Waals surface area contributed by atoms with Gasteiger partial charge in [-0.25, -0.2) is 9.97 Å². The molecule has 28 heavy (non-hydrogen) atoms. The molecule has 0 saturated carbocycles. The highest BCUT2D eigenvalue weighted by atomic mass is 32.1. The van der Waals surface area contributed by atoms with Crippen LogP contribution in [0.25, 0.3) is 10.2 Å². The SMILES string of the molecule is CN(C)C(=O)[C@H]1CCc2c(sc3ncnc(Nc4ccc(N)c(C=N)c4)c23)C1. The Kier molecular flexibility index (Phi) is 4.72. The molecule has 8 heteroatoms. The summed E-state index contributed by atoms with van der Waals surface area (Å²) in [6.07, 6.45) is 5.24. The molecule has 0 unspecified atom stereocenters. The van der Waals surface area contributed by atoms with E-state index in [2.05, 4.69) is 15.3 Å². The van der Waals surface area contributed by atoms with Crippen molar-refractivity contribution in [1.29, 1.82) is 5.41 Å². The van der Waals surface area contributed by atoms with E-state index in [1.165, 1.54) is 16.7 Å². The first-order valence-electron chi connectivity index (χ1n) is 9.11. The number of amides is 1. The van der Waals surface area contributed by atoms with Gasteiger partial charge in [0, 0.05) is 48.0 Å². The van der Waals surface area contributed by atoms with Gasteiger partial charge in [-0.15, -0.1) is 11.3 Å². The van der Waals surface area contributed by atoms with Crippen LogP contribution in [0.15, 0.2) is 24.5 Å². The first-order valence-corrected chi connectivity index (χ1v) is 9.93. The molecule has 0 radical (unpaired) electrons. The van der Waals surface area contributed by atoms with Crippen molar-refractivity contribution in [3.05, 3.63) is 40.5 Å². The Hall–Kier alpha value is -3.00. The Labute approximate surface area is 167 Å². The van der Waals surface area contributed by atoms with Gasteiger partial charge in [-0.3, -0.25) is 4.79 Å². The number of thiophene rings is 1. The van der Waals surface area contributed by atoms with Crippen LogP contribution in [0.3, 0.4) is 0 Å². The second-order valence-corrected chi connectivity index (χ2v) is 8.28. The van der Waals surface area contributed by atoms with Gasteiger partial charge in [-0.1, -0.05) is 0 Å². The first kappa shape index (κ1) is 18.4. The lowest BCUT2D eigenvalue weighted by Gasteiger charge is -2.24. The Balaban J connectivity index is 1.70. The third-order valence-electron chi connectivity index (χ3n) is 5.14. The number of fused-ring (bicyclic) bond motifs is 3. The molecule has 0 spiro atoms. The topological polar surface area (TPSA) is 108 Å².